The number of carbonyl (C=O) groups is 2. The lowest BCUT2D eigenvalue weighted by molar-refractivity contribution is -0.413. The molecule has 0 aromatic rings. The number of ether oxygens (including phenoxy) is 23. The molecule has 0 spiro atoms. The summed E-state index contributed by atoms with van der Waals surface area (Å²) in [6, 6.07) is -3.71. The Bertz CT molecular complexity index is 3730. The predicted molar refractivity (Wildman–Crippen MR) is 418 cm³/mol. The minimum Gasteiger partial charge on any atom is -0.394 e. The van der Waals surface area contributed by atoms with Crippen LogP contribution >= 0.6 is 0 Å². The smallest absolute Gasteiger partial charge is 0.217 e. The predicted octanol–water partition coefficient (Wildman–Crippen LogP) is -26.9. The van der Waals surface area contributed by atoms with Gasteiger partial charge in [-0.15, -0.1) is 0 Å². The van der Waals surface area contributed by atoms with Crippen molar-refractivity contribution in [2.45, 2.75) is 382 Å². The zero-order valence-electron chi connectivity index (χ0n) is 73.4. The number of hydrogen-bond donors (Lipinski definition) is 38. The van der Waals surface area contributed by atoms with E-state index in [1.807, 2.05) is 0 Å². The SMILES string of the molecule is CC(=O)N[C@@H]1[C@@H](O)[C@H](O[C@H]2O[C@H](CO)[C@@H](O[C@@H]3O[C@H](CO[C@H]4O[C@H](CO[C@H]5O[C@H](CO)[C@@H](O)[C@H](O)[C@@H]5O)[C@@H](O)[C@H](O[C@H]5O[C@H](CO)[C@@H](O)[C@H](O)[C@@H]5O)[C@@H]4O)[C@@H](O)[C@H](O[C@H]4O[C@H](CO)[C@@H](O)[C@H](O)[C@@H]4O[C@H]4O[C@H](CO)[C@@H](O)[C@H](O)[C@@H]4O[C@H]4O[C@H](CO)[C@@H](O)[C@H](O[C@H]5O[C@H](CO)[C@@H](O)[C@H](O[C@H]6O[C@H](CO)[C@@H](O)[C@H](O)[C@H]6O[C@H]6O[C@H](CO)[C@@H](O)[C@H](O)[C@H]6O)[C@H]5O)[C@@H]4O)[C@@H]3O)[C@H](O)[C@H]2NC(C)=O)[C@@H](CO)O[C@H]1O. The normalized spacial score (nSPS) is 51.9. The first-order valence-electron chi connectivity index (χ1n) is 44.2. The molecule has 60 atom stereocenters. The van der Waals surface area contributed by atoms with Gasteiger partial charge in [0.15, 0.2) is 75.5 Å². The van der Waals surface area contributed by atoms with Gasteiger partial charge >= 0.3 is 0 Å². The Balaban J connectivity index is 0.849. The van der Waals surface area contributed by atoms with Gasteiger partial charge in [-0.2, -0.15) is 0 Å². The molecule has 139 heavy (non-hydrogen) atoms. The summed E-state index contributed by atoms with van der Waals surface area (Å²) in [7, 11) is 0. The molecule has 0 saturated carbocycles. The summed E-state index contributed by atoms with van der Waals surface area (Å²) in [6.45, 7) is -12.1. The first kappa shape index (κ1) is 114. The van der Waals surface area contributed by atoms with Crippen LogP contribution in [-0.2, 0) is 119 Å². The Morgan fingerprint density at radius 3 is 0.719 bits per heavy atom. The van der Waals surface area contributed by atoms with Crippen molar-refractivity contribution in [2.75, 3.05) is 79.3 Å². The van der Waals surface area contributed by atoms with Gasteiger partial charge in [0.2, 0.25) is 11.8 Å². The number of carbonyl (C=O) groups excluding carboxylic acids is 2. The standard InChI is InChI=1S/C76H128N2O61/c1-15(89)77-29-41(101)56(25(11-87)119-65(29)116)131-66-30(78-16(2)90)42(102)57(26(12-88)128-66)132-73-55(115)61(40(100)28(130-73)14-118-68-52(112)60(133-69-50(110)44(104)32(92)18(4-80)121-69)39(99)27(129-68)13-117-67-49(109)43(103)31(91)17(3-79)120-67)136-75-64(48(108)36(96)21(7-83)126-75)139-76-63(47(107)35(95)22(8-84)127-76)138-72-53(113)58(37(97)23(9-85)124-72)134-71-54(114)59(38(98)24(10-86)123-71)135-74-62(46(106)34(94)20(6-82)125-74)137-70-51(111)45(105)33(93)19(5-81)122-70/h17-76,79-88,91-116H,3-14H2,1-2H3,(H,77,89)(H,78,90)/t17-,18-,19-,20-,21-,22-,23-,24-,25-,26-,27-,28-,29-,30-,31-,32-,33-,34-,35-,36-,37-,38-,39-,40-,41-,42-,43+,44+,45+,46+,47+,48+,49+,50+,51-,52+,53+,54-,55+,56-,57-,58+,59+,60+,61+,62-,63+,64+,65-,66-,67+,68+,69-,70-,71-,72-,73+,74-,75-,76-/m1/s1. The molecule has 12 saturated heterocycles. The summed E-state index contributed by atoms with van der Waals surface area (Å²) in [6.07, 6.45) is -129. The summed E-state index contributed by atoms with van der Waals surface area (Å²) in [4.78, 5) is 25.4. The van der Waals surface area contributed by atoms with E-state index in [-0.39, 0.29) is 0 Å². The van der Waals surface area contributed by atoms with E-state index in [0.717, 1.165) is 13.8 Å². The van der Waals surface area contributed by atoms with Gasteiger partial charge in [0.05, 0.1) is 79.3 Å². The van der Waals surface area contributed by atoms with E-state index in [9.17, 15) is 193 Å². The van der Waals surface area contributed by atoms with Gasteiger partial charge in [-0.25, -0.2) is 0 Å². The van der Waals surface area contributed by atoms with Crippen molar-refractivity contribution in [3.8, 4) is 0 Å². The molecule has 12 rings (SSSR count). The van der Waals surface area contributed by atoms with E-state index in [2.05, 4.69) is 10.6 Å². The maximum atomic E-state index is 13.1. The fourth-order valence-electron chi connectivity index (χ4n) is 18.0. The van der Waals surface area contributed by atoms with E-state index < -0.39 is 459 Å². The molecule has 0 bridgehead atoms. The Labute approximate surface area is 784 Å². The van der Waals surface area contributed by atoms with E-state index in [1.165, 1.54) is 0 Å². The van der Waals surface area contributed by atoms with Gasteiger partial charge in [-0.1, -0.05) is 0 Å². The van der Waals surface area contributed by atoms with Crippen LogP contribution in [0.5, 0.6) is 0 Å². The molecule has 12 aliphatic heterocycles. The molecule has 0 unspecified atom stereocenters. The lowest BCUT2D eigenvalue weighted by Gasteiger charge is -2.51. The van der Waals surface area contributed by atoms with Crippen LogP contribution in [0.2, 0.25) is 0 Å². The fraction of sp³-hybridized carbons (Fsp3) is 0.974. The first-order valence-corrected chi connectivity index (χ1v) is 44.2. The van der Waals surface area contributed by atoms with Crippen molar-refractivity contribution in [2.24, 2.45) is 0 Å². The van der Waals surface area contributed by atoms with Crippen LogP contribution in [0.25, 0.3) is 0 Å². The average Bonchev–Trinajstić information content (AvgIpc) is 0.760. The van der Waals surface area contributed by atoms with Gasteiger partial charge in [0, 0.05) is 13.8 Å². The van der Waals surface area contributed by atoms with Crippen molar-refractivity contribution in [1.29, 1.82) is 0 Å². The molecular formula is C76H128N2O61. The van der Waals surface area contributed by atoms with Gasteiger partial charge in [0.1, 0.15) is 293 Å². The maximum Gasteiger partial charge on any atom is 0.217 e. The van der Waals surface area contributed by atoms with Gasteiger partial charge < -0.3 is 303 Å². The molecule has 63 heteroatoms. The molecule has 12 heterocycles. The summed E-state index contributed by atoms with van der Waals surface area (Å²) >= 11 is 0. The minimum atomic E-state index is -2.71. The quantitative estimate of drug-likeness (QED) is 0.0277. The lowest BCUT2D eigenvalue weighted by Crippen LogP contribution is -2.70. The number of hydrogen-bond acceptors (Lipinski definition) is 61. The number of amides is 2. The summed E-state index contributed by atoms with van der Waals surface area (Å²) in [5.74, 6) is -1.83. The molecule has 0 radical (unpaired) electrons. The van der Waals surface area contributed by atoms with Crippen LogP contribution < -0.4 is 10.6 Å². The van der Waals surface area contributed by atoms with Gasteiger partial charge in [-0.05, 0) is 0 Å². The van der Waals surface area contributed by atoms with Crippen molar-refractivity contribution >= 4 is 11.8 Å². The van der Waals surface area contributed by atoms with E-state index in [4.69, 9.17) is 109 Å². The largest absolute Gasteiger partial charge is 0.394 e. The molecule has 0 aromatic heterocycles. The highest BCUT2D eigenvalue weighted by Gasteiger charge is 2.64. The first-order chi connectivity index (χ1) is 65.9. The summed E-state index contributed by atoms with van der Waals surface area (Å²) < 4.78 is 135. The Morgan fingerprint density at radius 2 is 0.388 bits per heavy atom. The minimum absolute atomic E-state index is 0.828. The molecule has 12 fully saturated rings. The molecule has 63 nitrogen and oxygen atoms in total. The molecule has 0 aromatic carbocycles. The third kappa shape index (κ3) is 24.5. The van der Waals surface area contributed by atoms with E-state index >= 15 is 0 Å². The molecule has 808 valence electrons. The molecule has 0 aliphatic carbocycles. The monoisotopic (exact) mass is 2040 g/mol. The Morgan fingerprint density at radius 1 is 0.187 bits per heavy atom. The lowest BCUT2D eigenvalue weighted by atomic mass is 9.94. The molecular weight excluding hydrogens is 1920 g/mol. The highest BCUT2D eigenvalue weighted by atomic mass is 16.8. The van der Waals surface area contributed by atoms with Crippen LogP contribution in [0, 0.1) is 0 Å². The number of aliphatic hydroxyl groups excluding tert-OH is 36. The van der Waals surface area contributed by atoms with Crippen LogP contribution in [-0.4, -0.2) is 643 Å². The van der Waals surface area contributed by atoms with E-state index in [1.54, 1.807) is 0 Å². The Hall–Kier alpha value is -3.42. The molecule has 2 amide bonds. The maximum absolute atomic E-state index is 13.1. The second-order valence-corrected chi connectivity index (χ2v) is 35.2. The van der Waals surface area contributed by atoms with Gasteiger partial charge in [0.25, 0.3) is 0 Å². The third-order valence-electron chi connectivity index (χ3n) is 25.9. The van der Waals surface area contributed by atoms with Crippen LogP contribution in [0.15, 0.2) is 0 Å². The van der Waals surface area contributed by atoms with E-state index in [0.29, 0.717) is 0 Å². The van der Waals surface area contributed by atoms with Crippen molar-refractivity contribution < 1.29 is 302 Å². The average molecular weight is 2050 g/mol. The van der Waals surface area contributed by atoms with Gasteiger partial charge in [-0.3, -0.25) is 9.59 Å². The summed E-state index contributed by atoms with van der Waals surface area (Å²) in [5.41, 5.74) is 0. The summed E-state index contributed by atoms with van der Waals surface area (Å²) in [5, 5.41) is 407. The van der Waals surface area contributed by atoms with Crippen LogP contribution in [0.1, 0.15) is 13.8 Å². The number of rotatable bonds is 36. The van der Waals surface area contributed by atoms with Crippen molar-refractivity contribution in [1.82, 2.24) is 10.6 Å². The third-order valence-corrected chi connectivity index (χ3v) is 25.9. The second kappa shape index (κ2) is 49.8. The highest BCUT2D eigenvalue weighted by Crippen LogP contribution is 2.43. The molecule has 38 N–H and O–H groups in total. The van der Waals surface area contributed by atoms with Crippen LogP contribution in [0.4, 0.5) is 0 Å². The van der Waals surface area contributed by atoms with Crippen LogP contribution in [0.3, 0.4) is 0 Å². The second-order valence-electron chi connectivity index (χ2n) is 35.2. The highest BCUT2D eigenvalue weighted by molar-refractivity contribution is 5.73. The van der Waals surface area contributed by atoms with Crippen molar-refractivity contribution in [3.63, 3.8) is 0 Å². The zero-order valence-corrected chi connectivity index (χ0v) is 73.4. The number of aliphatic hydroxyl groups is 36. The number of nitrogens with one attached hydrogen (secondary N) is 2. The van der Waals surface area contributed by atoms with Crippen molar-refractivity contribution in [3.05, 3.63) is 0 Å². The fourth-order valence-corrected chi connectivity index (χ4v) is 18.0. The molecule has 12 aliphatic rings. The topological polar surface area (TPSA) is 999 Å². The zero-order chi connectivity index (χ0) is 102. The Kier molecular flexibility index (Phi) is 41.0.